The number of aromatic nitrogens is 1. The van der Waals surface area contributed by atoms with Crippen LogP contribution < -0.4 is 10.1 Å². The maximum Gasteiger partial charge on any atom is 0.416 e. The summed E-state index contributed by atoms with van der Waals surface area (Å²) in [5.74, 6) is 0.731. The van der Waals surface area contributed by atoms with Crippen LogP contribution in [0.2, 0.25) is 0 Å². The molecule has 2 aromatic rings. The summed E-state index contributed by atoms with van der Waals surface area (Å²) < 4.78 is 43.1. The van der Waals surface area contributed by atoms with E-state index in [-0.39, 0.29) is 0 Å². The van der Waals surface area contributed by atoms with Crippen LogP contribution in [0, 0.1) is 13.8 Å². The average Bonchev–Trinajstić information content (AvgIpc) is 2.86. The molecular weight excluding hydrogens is 365 g/mol. The first kappa shape index (κ1) is 19.9. The lowest BCUT2D eigenvalue weighted by atomic mass is 10.2. The van der Waals surface area contributed by atoms with E-state index in [9.17, 15) is 18.0 Å². The predicted molar refractivity (Wildman–Crippen MR) is 97.6 cm³/mol. The summed E-state index contributed by atoms with van der Waals surface area (Å²) in [6.07, 6.45) is -2.94. The minimum Gasteiger partial charge on any atom is -0.318 e. The van der Waals surface area contributed by atoms with Crippen LogP contribution in [0.1, 0.15) is 29.4 Å². The standard InChI is InChI=1S/C17H19F3N4OS/c1-4-26-23-16(25)22-21-10-13-8-11(2)24(12(13)3)15-7-5-6-14(9-15)17(18,19)20/h5-10H,4H2,1-3H3,(H2,22,23,25)/b21-10+. The number of nitrogens with one attached hydrogen (secondary N) is 2. The monoisotopic (exact) mass is 384 g/mol. The van der Waals surface area contributed by atoms with Crippen LogP contribution >= 0.6 is 11.9 Å². The smallest absolute Gasteiger partial charge is 0.318 e. The topological polar surface area (TPSA) is 58.4 Å². The van der Waals surface area contributed by atoms with Crippen LogP contribution in [-0.2, 0) is 6.18 Å². The molecule has 0 aliphatic carbocycles. The van der Waals surface area contributed by atoms with Gasteiger partial charge in [-0.25, -0.2) is 10.2 Å². The van der Waals surface area contributed by atoms with E-state index in [4.69, 9.17) is 0 Å². The minimum absolute atomic E-state index is 0.416. The second-order valence-electron chi connectivity index (χ2n) is 5.44. The molecular formula is C17H19F3N4OS. The highest BCUT2D eigenvalue weighted by Gasteiger charge is 2.30. The Morgan fingerprint density at radius 2 is 2.04 bits per heavy atom. The lowest BCUT2D eigenvalue weighted by Gasteiger charge is -2.13. The number of alkyl halides is 3. The molecule has 0 saturated carbocycles. The molecule has 0 spiro atoms. The third-order valence-corrected chi connectivity index (χ3v) is 4.20. The van der Waals surface area contributed by atoms with Gasteiger partial charge in [-0.15, -0.1) is 0 Å². The number of benzene rings is 1. The molecule has 2 rings (SSSR count). The summed E-state index contributed by atoms with van der Waals surface area (Å²) in [4.78, 5) is 11.4. The second-order valence-corrected chi connectivity index (χ2v) is 6.51. The number of carbonyl (C=O) groups is 1. The van der Waals surface area contributed by atoms with Crippen molar-refractivity contribution in [3.8, 4) is 5.69 Å². The van der Waals surface area contributed by atoms with Gasteiger partial charge in [0.2, 0.25) is 0 Å². The van der Waals surface area contributed by atoms with E-state index < -0.39 is 17.8 Å². The third-order valence-electron chi connectivity index (χ3n) is 3.58. The first-order valence-corrected chi connectivity index (χ1v) is 8.80. The third kappa shape index (κ3) is 4.81. The number of hydrazone groups is 1. The molecule has 0 unspecified atom stereocenters. The van der Waals surface area contributed by atoms with E-state index >= 15 is 0 Å². The van der Waals surface area contributed by atoms with Gasteiger partial charge in [0.1, 0.15) is 0 Å². The highest BCUT2D eigenvalue weighted by Crippen LogP contribution is 2.31. The highest BCUT2D eigenvalue weighted by molar-refractivity contribution is 7.97. The summed E-state index contributed by atoms with van der Waals surface area (Å²) in [6.45, 7) is 5.47. The first-order chi connectivity index (χ1) is 12.2. The predicted octanol–water partition coefficient (Wildman–Crippen LogP) is 4.41. The van der Waals surface area contributed by atoms with Crippen molar-refractivity contribution in [2.45, 2.75) is 26.9 Å². The average molecular weight is 384 g/mol. The molecule has 2 N–H and O–H groups in total. The van der Waals surface area contributed by atoms with Gasteiger partial charge in [-0.2, -0.15) is 18.3 Å². The Bertz CT molecular complexity index is 815. The van der Waals surface area contributed by atoms with Gasteiger partial charge in [0, 0.05) is 28.4 Å². The molecule has 0 fully saturated rings. The highest BCUT2D eigenvalue weighted by atomic mass is 32.2. The molecule has 5 nitrogen and oxygen atoms in total. The summed E-state index contributed by atoms with van der Waals surface area (Å²) in [7, 11) is 0. The van der Waals surface area contributed by atoms with Crippen molar-refractivity contribution in [1.29, 1.82) is 0 Å². The number of amides is 2. The molecule has 0 aliphatic heterocycles. The summed E-state index contributed by atoms with van der Waals surface area (Å²) in [5.41, 5.74) is 4.22. The van der Waals surface area contributed by atoms with Crippen LogP contribution in [0.5, 0.6) is 0 Å². The van der Waals surface area contributed by atoms with Crippen molar-refractivity contribution in [3.05, 3.63) is 52.8 Å². The fraction of sp³-hybridized carbons (Fsp3) is 0.294. The van der Waals surface area contributed by atoms with Crippen molar-refractivity contribution >= 4 is 24.2 Å². The fourth-order valence-corrected chi connectivity index (χ4v) is 2.78. The lowest BCUT2D eigenvalue weighted by molar-refractivity contribution is -0.137. The van der Waals surface area contributed by atoms with Crippen molar-refractivity contribution in [1.82, 2.24) is 14.7 Å². The van der Waals surface area contributed by atoms with Gasteiger partial charge in [0.25, 0.3) is 0 Å². The van der Waals surface area contributed by atoms with Gasteiger partial charge in [-0.3, -0.25) is 4.72 Å². The van der Waals surface area contributed by atoms with Crippen molar-refractivity contribution in [3.63, 3.8) is 0 Å². The maximum absolute atomic E-state index is 12.9. The number of nitrogens with zero attached hydrogens (tertiary/aromatic N) is 2. The van der Waals surface area contributed by atoms with E-state index in [1.807, 2.05) is 6.92 Å². The zero-order valence-corrected chi connectivity index (χ0v) is 15.3. The van der Waals surface area contributed by atoms with E-state index in [1.165, 1.54) is 24.2 Å². The molecule has 0 bridgehead atoms. The minimum atomic E-state index is -4.40. The zero-order chi connectivity index (χ0) is 19.3. The Hall–Kier alpha value is -2.42. The SMILES string of the molecule is CCSNC(=O)N/N=C/c1cc(C)n(-c2cccc(C(F)(F)F)c2)c1C. The Morgan fingerprint density at radius 3 is 2.69 bits per heavy atom. The molecule has 0 radical (unpaired) electrons. The Labute approximate surface area is 153 Å². The zero-order valence-electron chi connectivity index (χ0n) is 14.5. The molecule has 140 valence electrons. The number of rotatable bonds is 5. The number of carbonyl (C=O) groups excluding carboxylic acids is 1. The molecule has 0 aliphatic rings. The lowest BCUT2D eigenvalue weighted by Crippen LogP contribution is -2.27. The molecule has 26 heavy (non-hydrogen) atoms. The molecule has 0 saturated heterocycles. The van der Waals surface area contributed by atoms with Gasteiger partial charge in [0.15, 0.2) is 0 Å². The number of aryl methyl sites for hydroxylation is 1. The van der Waals surface area contributed by atoms with Gasteiger partial charge < -0.3 is 4.57 Å². The number of halogens is 3. The van der Waals surface area contributed by atoms with Crippen LogP contribution in [0.4, 0.5) is 18.0 Å². The van der Waals surface area contributed by atoms with Crippen LogP contribution in [0.25, 0.3) is 5.69 Å². The summed E-state index contributed by atoms with van der Waals surface area (Å²) in [5, 5.41) is 3.87. The van der Waals surface area contributed by atoms with E-state index in [0.29, 0.717) is 11.3 Å². The Kier molecular flexibility index (Phi) is 6.36. The van der Waals surface area contributed by atoms with Crippen LogP contribution in [-0.4, -0.2) is 22.6 Å². The van der Waals surface area contributed by atoms with Gasteiger partial charge >= 0.3 is 12.2 Å². The number of hydrogen-bond acceptors (Lipinski definition) is 3. The molecule has 2 amide bonds. The van der Waals surface area contributed by atoms with Crippen LogP contribution in [0.3, 0.4) is 0 Å². The Morgan fingerprint density at radius 1 is 1.31 bits per heavy atom. The molecule has 1 heterocycles. The molecule has 1 aromatic carbocycles. The van der Waals surface area contributed by atoms with Crippen LogP contribution in [0.15, 0.2) is 35.4 Å². The molecule has 1 aromatic heterocycles. The van der Waals surface area contributed by atoms with Gasteiger partial charge in [-0.1, -0.05) is 13.0 Å². The van der Waals surface area contributed by atoms with E-state index in [1.54, 1.807) is 30.5 Å². The maximum atomic E-state index is 12.9. The summed E-state index contributed by atoms with van der Waals surface area (Å²) >= 11 is 1.24. The second kappa shape index (κ2) is 8.31. The number of hydrogen-bond donors (Lipinski definition) is 2. The van der Waals surface area contributed by atoms with Crippen molar-refractivity contribution < 1.29 is 18.0 Å². The fourth-order valence-electron chi connectivity index (χ4n) is 2.46. The number of urea groups is 1. The van der Waals surface area contributed by atoms with E-state index in [2.05, 4.69) is 15.2 Å². The van der Waals surface area contributed by atoms with Gasteiger partial charge in [-0.05, 0) is 50.1 Å². The van der Waals surface area contributed by atoms with Crippen molar-refractivity contribution in [2.75, 3.05) is 5.75 Å². The molecule has 9 heteroatoms. The quantitative estimate of drug-likeness (QED) is 0.456. The normalized spacial score (nSPS) is 11.8. The van der Waals surface area contributed by atoms with E-state index in [0.717, 1.165) is 29.3 Å². The van der Waals surface area contributed by atoms with Gasteiger partial charge in [0.05, 0.1) is 11.8 Å². The van der Waals surface area contributed by atoms with Crippen molar-refractivity contribution in [2.24, 2.45) is 5.10 Å². The first-order valence-electron chi connectivity index (χ1n) is 7.81. The molecule has 0 atom stereocenters. The Balaban J connectivity index is 2.24. The largest absolute Gasteiger partial charge is 0.416 e. The summed E-state index contributed by atoms with van der Waals surface area (Å²) in [6, 6.07) is 6.48.